The van der Waals surface area contributed by atoms with E-state index in [4.69, 9.17) is 5.11 Å². The molecule has 0 aliphatic carbocycles. The number of unbranched alkanes of at least 4 members (excludes halogenated alkanes) is 16. The van der Waals surface area contributed by atoms with E-state index in [1.54, 1.807) is 0 Å². The van der Waals surface area contributed by atoms with E-state index in [1.165, 1.54) is 77.0 Å². The number of aliphatic hydroxyl groups excluding tert-OH is 1. The summed E-state index contributed by atoms with van der Waals surface area (Å²) in [5.41, 5.74) is 0. The Bertz CT molecular complexity index is 254. The van der Waals surface area contributed by atoms with Gasteiger partial charge in [0.05, 0.1) is 0 Å². The average molecular weight is 607 g/mol. The molecule has 0 amide bonds. The van der Waals surface area contributed by atoms with Gasteiger partial charge in [-0.05, 0) is 12.8 Å². The van der Waals surface area contributed by atoms with E-state index in [2.05, 4.69) is 0 Å². The predicted octanol–water partition coefficient (Wildman–Crippen LogP) is 5.01. The van der Waals surface area contributed by atoms with Crippen molar-refractivity contribution in [3.63, 3.8) is 0 Å². The van der Waals surface area contributed by atoms with E-state index in [0.717, 1.165) is 25.7 Å². The Morgan fingerprint density at radius 1 is 0.481 bits per heavy atom. The van der Waals surface area contributed by atoms with E-state index in [1.807, 2.05) is 0 Å². The number of aliphatic hydroxyl groups is 1. The Labute approximate surface area is 239 Å². The first-order valence-electron chi connectivity index (χ1n) is 10.2. The van der Waals surface area contributed by atoms with Crippen LogP contribution in [0.4, 0.5) is 13.2 Å². The first kappa shape index (κ1) is 36.8. The first-order chi connectivity index (χ1) is 11.6. The largest absolute Gasteiger partial charge is 1.00 e. The normalized spacial score (nSPS) is 10.7. The van der Waals surface area contributed by atoms with Crippen LogP contribution in [0.25, 0.3) is 0 Å². The molecule has 0 saturated carbocycles. The van der Waals surface area contributed by atoms with Crippen molar-refractivity contribution in [2.45, 2.75) is 122 Å². The monoisotopic (exact) mass is 606 g/mol. The molecule has 0 aromatic rings. The molecule has 1 nitrogen and oxygen atoms in total. The number of hydrogen-bond acceptors (Lipinski definition) is 1. The molecule has 0 aliphatic heterocycles. The maximum atomic E-state index is 12.0. The third-order valence-corrected chi connectivity index (χ3v) is 4.62. The molecule has 1 N–H and O–H groups in total. The summed E-state index contributed by atoms with van der Waals surface area (Å²) in [7, 11) is 0. The van der Waals surface area contributed by atoms with Crippen molar-refractivity contribution in [3.8, 4) is 0 Å². The van der Waals surface area contributed by atoms with Crippen LogP contribution in [0.3, 0.4) is 0 Å². The van der Waals surface area contributed by atoms with Crippen LogP contribution in [-0.4, -0.2) is 17.9 Å². The van der Waals surface area contributed by atoms with Crippen LogP contribution < -0.4 is 68.9 Å². The van der Waals surface area contributed by atoms with E-state index in [0.29, 0.717) is 13.0 Å². The van der Waals surface area contributed by atoms with Crippen molar-refractivity contribution in [2.75, 3.05) is 6.61 Å². The van der Waals surface area contributed by atoms with Crippen molar-refractivity contribution in [1.29, 1.82) is 0 Å². The van der Waals surface area contributed by atoms with Crippen LogP contribution in [0.15, 0.2) is 0 Å². The number of halogens is 3. The molecular weight excluding hydrogens is 565 g/mol. The van der Waals surface area contributed by atoms with Gasteiger partial charge in [0.15, 0.2) is 0 Å². The second kappa shape index (κ2) is 28.5. The molecule has 0 aromatic heterocycles. The zero-order valence-electron chi connectivity index (χ0n) is 17.8. The van der Waals surface area contributed by atoms with Crippen molar-refractivity contribution in [2.24, 2.45) is 0 Å². The third-order valence-electron chi connectivity index (χ3n) is 4.62. The van der Waals surface area contributed by atoms with E-state index in [-0.39, 0.29) is 96.7 Å². The number of rotatable bonds is 18. The molecule has 0 aromatic carbocycles. The third kappa shape index (κ3) is 36.2. The van der Waals surface area contributed by atoms with Crippen LogP contribution in [0.5, 0.6) is 0 Å². The predicted molar refractivity (Wildman–Crippen MR) is 103 cm³/mol. The summed E-state index contributed by atoms with van der Waals surface area (Å²) in [5, 5.41) is 8.68. The second-order valence-corrected chi connectivity index (χ2v) is 7.10. The Morgan fingerprint density at radius 2 is 0.704 bits per heavy atom. The van der Waals surface area contributed by atoms with Gasteiger partial charge in [-0.25, -0.2) is 0 Å². The first-order valence-corrected chi connectivity index (χ1v) is 10.2. The van der Waals surface area contributed by atoms with Crippen molar-refractivity contribution in [1.82, 2.24) is 0 Å². The van der Waals surface area contributed by atoms with E-state index >= 15 is 0 Å². The second-order valence-electron chi connectivity index (χ2n) is 7.10. The molecular formula is C21H42CsF3OPd. The van der Waals surface area contributed by atoms with Gasteiger partial charge in [0.1, 0.15) is 0 Å². The summed E-state index contributed by atoms with van der Waals surface area (Å²) in [6.45, 7) is 0.331. The van der Waals surface area contributed by atoms with Crippen molar-refractivity contribution < 1.29 is 108 Å². The van der Waals surface area contributed by atoms with Crippen molar-refractivity contribution in [3.05, 3.63) is 7.43 Å². The van der Waals surface area contributed by atoms with Gasteiger partial charge in [-0.1, -0.05) is 96.3 Å². The fourth-order valence-corrected chi connectivity index (χ4v) is 3.09. The average Bonchev–Trinajstić information content (AvgIpc) is 2.52. The molecule has 6 heteroatoms. The summed E-state index contributed by atoms with van der Waals surface area (Å²) >= 11 is 0. The number of alkyl halides is 3. The zero-order chi connectivity index (χ0) is 17.9. The summed E-state index contributed by atoms with van der Waals surface area (Å²) < 4.78 is 35.9. The maximum Gasteiger partial charge on any atom is 1.00 e. The molecule has 0 unspecified atom stereocenters. The summed E-state index contributed by atoms with van der Waals surface area (Å²) in [6, 6.07) is 0. The SMILES string of the molecule is OCCCCCCCCCCCCCCCCCCCC(F)(F)F.[CH3-].[Cs+].[Pd]. The van der Waals surface area contributed by atoms with Crippen molar-refractivity contribution >= 4 is 0 Å². The molecule has 0 spiro atoms. The molecule has 0 rings (SSSR count). The van der Waals surface area contributed by atoms with E-state index < -0.39 is 12.6 Å². The Morgan fingerprint density at radius 3 is 0.926 bits per heavy atom. The van der Waals surface area contributed by atoms with Gasteiger partial charge >= 0.3 is 75.1 Å². The van der Waals surface area contributed by atoms with Gasteiger partial charge in [0.2, 0.25) is 0 Å². The van der Waals surface area contributed by atoms with Gasteiger partial charge in [-0.3, -0.25) is 0 Å². The van der Waals surface area contributed by atoms with Crippen LogP contribution in [-0.2, 0) is 20.4 Å². The van der Waals surface area contributed by atoms with Crippen LogP contribution in [0, 0.1) is 7.43 Å². The standard InChI is InChI=1S/C20H39F3O.CH3.Cs.Pd/c21-20(22,23)18-16-14-12-10-8-6-4-2-1-3-5-7-9-11-13-15-17-19-24;;;/h24H,1-19H2;1H3;;/q;-1;+1;. The molecule has 0 heterocycles. The van der Waals surface area contributed by atoms with Gasteiger partial charge in [-0.15, -0.1) is 0 Å². The summed E-state index contributed by atoms with van der Waals surface area (Å²) in [5.74, 6) is 0. The molecule has 0 atom stereocenters. The number of hydrogen-bond donors (Lipinski definition) is 1. The topological polar surface area (TPSA) is 20.2 Å². The minimum Gasteiger partial charge on any atom is -0.396 e. The fraction of sp³-hybridized carbons (Fsp3) is 0.952. The van der Waals surface area contributed by atoms with Gasteiger partial charge < -0.3 is 12.5 Å². The fourth-order valence-electron chi connectivity index (χ4n) is 3.09. The minimum absolute atomic E-state index is 0. The Balaban J connectivity index is -0.000000882. The maximum absolute atomic E-state index is 12.0. The van der Waals surface area contributed by atoms with Gasteiger partial charge in [0.25, 0.3) is 0 Å². The molecule has 27 heavy (non-hydrogen) atoms. The van der Waals surface area contributed by atoms with E-state index in [9.17, 15) is 13.2 Å². The zero-order valence-corrected chi connectivity index (χ0v) is 25.7. The Kier molecular flexibility index (Phi) is 38.8. The minimum atomic E-state index is -3.97. The van der Waals surface area contributed by atoms with Gasteiger partial charge in [0, 0.05) is 33.5 Å². The van der Waals surface area contributed by atoms with Crippen LogP contribution >= 0.6 is 0 Å². The van der Waals surface area contributed by atoms with Gasteiger partial charge in [-0.2, -0.15) is 13.2 Å². The summed E-state index contributed by atoms with van der Waals surface area (Å²) in [6.07, 6.45) is 14.9. The molecule has 0 saturated heterocycles. The quantitative estimate of drug-likeness (QED) is 0.132. The van der Waals surface area contributed by atoms with Crippen LogP contribution in [0.1, 0.15) is 116 Å². The molecule has 0 radical (unpaired) electrons. The molecule has 164 valence electrons. The molecule has 0 bridgehead atoms. The molecule has 0 fully saturated rings. The van der Waals surface area contributed by atoms with Crippen LogP contribution in [0.2, 0.25) is 0 Å². The smallest absolute Gasteiger partial charge is 0.396 e. The molecule has 0 aliphatic rings. The Hall–Kier alpha value is 2.46. The summed E-state index contributed by atoms with van der Waals surface area (Å²) in [4.78, 5) is 0.